The highest BCUT2D eigenvalue weighted by Gasteiger charge is 2.23. The lowest BCUT2D eigenvalue weighted by Crippen LogP contribution is -2.06. The SMILES string of the molecule is O=[P+](c1ccc(Oc2ccc(O)cc2)cc1)c1ccc(Oc2ccc(O)cc2)cc1. The van der Waals surface area contributed by atoms with E-state index in [0.29, 0.717) is 33.6 Å². The molecule has 4 aromatic carbocycles. The summed E-state index contributed by atoms with van der Waals surface area (Å²) in [5.41, 5.74) is 0. The molecule has 0 saturated carbocycles. The zero-order chi connectivity index (χ0) is 20.9. The number of phenols is 2. The largest absolute Gasteiger partial charge is 0.508 e. The highest BCUT2D eigenvalue weighted by atomic mass is 31.1. The van der Waals surface area contributed by atoms with Gasteiger partial charge in [-0.3, -0.25) is 0 Å². The molecule has 0 spiro atoms. The molecule has 0 bridgehead atoms. The average Bonchev–Trinajstić information content (AvgIpc) is 2.77. The number of benzene rings is 4. The summed E-state index contributed by atoms with van der Waals surface area (Å²) < 4.78 is 24.3. The molecule has 2 N–H and O–H groups in total. The molecule has 0 atom stereocenters. The highest BCUT2D eigenvalue weighted by Crippen LogP contribution is 2.27. The van der Waals surface area contributed by atoms with E-state index in [2.05, 4.69) is 0 Å². The molecular weight excluding hydrogens is 399 g/mol. The van der Waals surface area contributed by atoms with E-state index >= 15 is 0 Å². The zero-order valence-electron chi connectivity index (χ0n) is 15.8. The molecule has 0 heterocycles. The van der Waals surface area contributed by atoms with Crippen LogP contribution >= 0.6 is 7.80 Å². The van der Waals surface area contributed by atoms with Crippen molar-refractivity contribution in [1.82, 2.24) is 0 Å². The Balaban J connectivity index is 1.42. The van der Waals surface area contributed by atoms with Crippen molar-refractivity contribution < 1.29 is 24.3 Å². The van der Waals surface area contributed by atoms with Crippen molar-refractivity contribution in [3.63, 3.8) is 0 Å². The van der Waals surface area contributed by atoms with E-state index in [-0.39, 0.29) is 11.5 Å². The predicted octanol–water partition coefficient (Wildman–Crippen LogP) is 5.46. The van der Waals surface area contributed by atoms with Gasteiger partial charge in [0.2, 0.25) is 0 Å². The molecule has 0 aliphatic carbocycles. The molecule has 0 fully saturated rings. The molecule has 0 aliphatic heterocycles. The van der Waals surface area contributed by atoms with Crippen LogP contribution < -0.4 is 20.1 Å². The molecule has 0 unspecified atom stereocenters. The predicted molar refractivity (Wildman–Crippen MR) is 116 cm³/mol. The number of hydrogen-bond acceptors (Lipinski definition) is 5. The molecule has 30 heavy (non-hydrogen) atoms. The maximum absolute atomic E-state index is 12.9. The van der Waals surface area contributed by atoms with Gasteiger partial charge in [-0.05, 0) is 97.1 Å². The zero-order valence-corrected chi connectivity index (χ0v) is 16.7. The van der Waals surface area contributed by atoms with Crippen LogP contribution in [0, 0.1) is 0 Å². The number of ether oxygens (including phenoxy) is 2. The summed E-state index contributed by atoms with van der Waals surface area (Å²) in [7, 11) is -1.75. The summed E-state index contributed by atoms with van der Waals surface area (Å²) in [6.45, 7) is 0. The molecule has 4 aromatic rings. The molecule has 0 amide bonds. The van der Waals surface area contributed by atoms with Crippen molar-refractivity contribution in [3.05, 3.63) is 97.1 Å². The number of rotatable bonds is 6. The molecule has 5 nitrogen and oxygen atoms in total. The lowest BCUT2D eigenvalue weighted by Gasteiger charge is -2.05. The Labute approximate surface area is 174 Å². The lowest BCUT2D eigenvalue weighted by molar-refractivity contribution is 0.464. The van der Waals surface area contributed by atoms with Crippen molar-refractivity contribution in [1.29, 1.82) is 0 Å². The summed E-state index contributed by atoms with van der Waals surface area (Å²) in [5.74, 6) is 2.79. The Bertz CT molecular complexity index is 1040. The molecule has 0 aliphatic rings. The lowest BCUT2D eigenvalue weighted by atomic mass is 10.3. The first-order valence-electron chi connectivity index (χ1n) is 9.18. The third kappa shape index (κ3) is 4.77. The van der Waals surface area contributed by atoms with Crippen LogP contribution in [-0.4, -0.2) is 10.2 Å². The third-order valence-corrected chi connectivity index (χ3v) is 5.82. The maximum atomic E-state index is 12.9. The summed E-state index contributed by atoms with van der Waals surface area (Å²) in [6, 6.07) is 27.0. The Morgan fingerprint density at radius 3 is 1.03 bits per heavy atom. The van der Waals surface area contributed by atoms with Crippen molar-refractivity contribution in [3.8, 4) is 34.5 Å². The summed E-state index contributed by atoms with van der Waals surface area (Å²) in [6.07, 6.45) is 0. The van der Waals surface area contributed by atoms with Crippen molar-refractivity contribution >= 4 is 18.4 Å². The van der Waals surface area contributed by atoms with Crippen molar-refractivity contribution in [2.24, 2.45) is 0 Å². The normalized spacial score (nSPS) is 10.4. The van der Waals surface area contributed by atoms with Crippen LogP contribution in [0.5, 0.6) is 34.5 Å². The Kier molecular flexibility index (Phi) is 5.64. The second-order valence-electron chi connectivity index (χ2n) is 6.47. The van der Waals surface area contributed by atoms with E-state index in [1.165, 1.54) is 0 Å². The van der Waals surface area contributed by atoms with Crippen molar-refractivity contribution in [2.45, 2.75) is 0 Å². The van der Waals surface area contributed by atoms with Crippen LogP contribution in [0.25, 0.3) is 0 Å². The van der Waals surface area contributed by atoms with E-state index in [1.807, 2.05) is 0 Å². The fourth-order valence-corrected chi connectivity index (χ4v) is 3.89. The molecule has 148 valence electrons. The smallest absolute Gasteiger partial charge is 0.415 e. The Morgan fingerprint density at radius 2 is 0.733 bits per heavy atom. The first-order chi connectivity index (χ1) is 14.6. The van der Waals surface area contributed by atoms with Crippen LogP contribution in [0.1, 0.15) is 0 Å². The number of hydrogen-bond donors (Lipinski definition) is 2. The van der Waals surface area contributed by atoms with Gasteiger partial charge in [0.05, 0.1) is 0 Å². The topological polar surface area (TPSA) is 76.0 Å². The van der Waals surface area contributed by atoms with Crippen LogP contribution in [-0.2, 0) is 4.57 Å². The van der Waals surface area contributed by atoms with E-state index in [0.717, 1.165) is 0 Å². The van der Waals surface area contributed by atoms with Crippen LogP contribution in [0.2, 0.25) is 0 Å². The van der Waals surface area contributed by atoms with Gasteiger partial charge in [0.25, 0.3) is 0 Å². The minimum absolute atomic E-state index is 0.175. The first kappa shape index (κ1) is 19.5. The maximum Gasteiger partial charge on any atom is 0.415 e. The van der Waals surface area contributed by atoms with Gasteiger partial charge in [-0.25, -0.2) is 0 Å². The van der Waals surface area contributed by atoms with E-state index in [4.69, 9.17) is 9.47 Å². The van der Waals surface area contributed by atoms with Crippen LogP contribution in [0.4, 0.5) is 0 Å². The fraction of sp³-hybridized carbons (Fsp3) is 0. The van der Waals surface area contributed by atoms with Gasteiger partial charge < -0.3 is 19.7 Å². The first-order valence-corrected chi connectivity index (χ1v) is 10.4. The molecule has 4 rings (SSSR count). The molecule has 0 radical (unpaired) electrons. The van der Waals surface area contributed by atoms with E-state index < -0.39 is 7.80 Å². The van der Waals surface area contributed by atoms with E-state index in [1.54, 1.807) is 97.1 Å². The van der Waals surface area contributed by atoms with Crippen molar-refractivity contribution in [2.75, 3.05) is 0 Å². The van der Waals surface area contributed by atoms with Gasteiger partial charge in [-0.15, -0.1) is 0 Å². The Hall–Kier alpha value is -3.82. The summed E-state index contributed by atoms with van der Waals surface area (Å²) in [5, 5.41) is 20.0. The van der Waals surface area contributed by atoms with Crippen LogP contribution in [0.3, 0.4) is 0 Å². The molecule has 0 aromatic heterocycles. The monoisotopic (exact) mass is 417 g/mol. The third-order valence-electron chi connectivity index (χ3n) is 4.29. The van der Waals surface area contributed by atoms with E-state index in [9.17, 15) is 14.8 Å². The number of aromatic hydroxyl groups is 2. The Morgan fingerprint density at radius 1 is 0.467 bits per heavy atom. The molecule has 0 saturated heterocycles. The summed E-state index contributed by atoms with van der Waals surface area (Å²) >= 11 is 0. The van der Waals surface area contributed by atoms with Gasteiger partial charge in [0.15, 0.2) is 10.6 Å². The standard InChI is InChI=1S/C24H17O5P/c25-17-1-5-19(6-2-17)28-21-9-13-23(14-10-21)30(27)24-15-11-22(12-16-24)29-20-7-3-18(26)4-8-20/h1-16H,(H-,25,26)/p+1. The minimum Gasteiger partial charge on any atom is -0.508 e. The van der Waals surface area contributed by atoms with Gasteiger partial charge in [0, 0.05) is 0 Å². The second kappa shape index (κ2) is 8.68. The van der Waals surface area contributed by atoms with Gasteiger partial charge in [-0.1, -0.05) is 4.57 Å². The van der Waals surface area contributed by atoms with Gasteiger partial charge in [-0.2, -0.15) is 0 Å². The van der Waals surface area contributed by atoms with Gasteiger partial charge >= 0.3 is 7.80 Å². The molecular formula is C24H18O5P+. The quantitative estimate of drug-likeness (QED) is 0.408. The highest BCUT2D eigenvalue weighted by molar-refractivity contribution is 7.61. The molecule has 6 heteroatoms. The summed E-state index contributed by atoms with van der Waals surface area (Å²) in [4.78, 5) is 0. The minimum atomic E-state index is -1.75. The number of phenolic OH excluding ortho intramolecular Hbond substituents is 2. The van der Waals surface area contributed by atoms with Crippen LogP contribution in [0.15, 0.2) is 97.1 Å². The van der Waals surface area contributed by atoms with Gasteiger partial charge in [0.1, 0.15) is 34.5 Å². The average molecular weight is 417 g/mol. The second-order valence-corrected chi connectivity index (χ2v) is 8.10. The fourth-order valence-electron chi connectivity index (χ4n) is 2.75.